The SMILES string of the molecule is CCN1CCC(n2cc(-c3nnc(-c4ccc(Cl)cc4)o3)nn2)CC1. The lowest BCUT2D eigenvalue weighted by molar-refractivity contribution is 0.186. The van der Waals surface area contributed by atoms with Gasteiger partial charge >= 0.3 is 0 Å². The molecule has 0 amide bonds. The van der Waals surface area contributed by atoms with Gasteiger partial charge in [-0.05, 0) is 43.7 Å². The van der Waals surface area contributed by atoms with E-state index in [1.54, 1.807) is 12.1 Å². The first-order valence-corrected chi connectivity index (χ1v) is 8.84. The quantitative estimate of drug-likeness (QED) is 0.712. The molecule has 1 fully saturated rings. The van der Waals surface area contributed by atoms with Gasteiger partial charge in [-0.3, -0.25) is 0 Å². The minimum Gasteiger partial charge on any atom is -0.414 e. The highest BCUT2D eigenvalue weighted by Crippen LogP contribution is 2.26. The van der Waals surface area contributed by atoms with Gasteiger partial charge in [-0.25, -0.2) is 4.68 Å². The van der Waals surface area contributed by atoms with Crippen LogP contribution >= 0.6 is 11.6 Å². The third-order valence-corrected chi connectivity index (χ3v) is 4.88. The summed E-state index contributed by atoms with van der Waals surface area (Å²) in [6, 6.07) is 7.65. The molecule has 0 atom stereocenters. The zero-order chi connectivity index (χ0) is 17.2. The molecule has 3 aromatic rings. The Kier molecular flexibility index (Phi) is 4.50. The topological polar surface area (TPSA) is 72.9 Å². The Morgan fingerprint density at radius 3 is 2.52 bits per heavy atom. The fourth-order valence-electron chi connectivity index (χ4n) is 3.09. The highest BCUT2D eigenvalue weighted by atomic mass is 35.5. The summed E-state index contributed by atoms with van der Waals surface area (Å²) in [5, 5.41) is 17.3. The molecular formula is C17H19ClN6O. The monoisotopic (exact) mass is 358 g/mol. The fraction of sp³-hybridized carbons (Fsp3) is 0.412. The zero-order valence-corrected chi connectivity index (χ0v) is 14.7. The van der Waals surface area contributed by atoms with Crippen LogP contribution in [-0.2, 0) is 0 Å². The number of hydrogen-bond acceptors (Lipinski definition) is 6. The van der Waals surface area contributed by atoms with Gasteiger partial charge in [0.15, 0.2) is 5.69 Å². The standard InChI is InChI=1S/C17H19ClN6O/c1-2-23-9-7-14(8-10-23)24-11-15(19-22-24)17-21-20-16(25-17)12-3-5-13(18)6-4-12/h3-6,11,14H,2,7-10H2,1H3. The molecule has 25 heavy (non-hydrogen) atoms. The highest BCUT2D eigenvalue weighted by molar-refractivity contribution is 6.30. The van der Waals surface area contributed by atoms with Crippen LogP contribution in [0.1, 0.15) is 25.8 Å². The first-order chi connectivity index (χ1) is 12.2. The predicted octanol–water partition coefficient (Wildman–Crippen LogP) is 3.31. The van der Waals surface area contributed by atoms with E-state index in [9.17, 15) is 0 Å². The van der Waals surface area contributed by atoms with Gasteiger partial charge < -0.3 is 9.32 Å². The second-order valence-electron chi connectivity index (χ2n) is 6.17. The van der Waals surface area contributed by atoms with Gasteiger partial charge in [-0.1, -0.05) is 23.7 Å². The van der Waals surface area contributed by atoms with Crippen molar-refractivity contribution in [3.8, 4) is 23.0 Å². The van der Waals surface area contributed by atoms with Crippen molar-refractivity contribution in [1.29, 1.82) is 0 Å². The molecule has 0 aliphatic carbocycles. The van der Waals surface area contributed by atoms with Gasteiger partial charge in [0.25, 0.3) is 5.89 Å². The number of piperidine rings is 1. The summed E-state index contributed by atoms with van der Waals surface area (Å²) >= 11 is 5.90. The summed E-state index contributed by atoms with van der Waals surface area (Å²) in [4.78, 5) is 2.45. The number of nitrogens with zero attached hydrogens (tertiary/aromatic N) is 6. The smallest absolute Gasteiger partial charge is 0.270 e. The summed E-state index contributed by atoms with van der Waals surface area (Å²) in [7, 11) is 0. The molecule has 0 radical (unpaired) electrons. The Balaban J connectivity index is 1.50. The van der Waals surface area contributed by atoms with Gasteiger partial charge in [-0.15, -0.1) is 15.3 Å². The van der Waals surface area contributed by atoms with E-state index >= 15 is 0 Å². The molecule has 1 aliphatic heterocycles. The molecule has 1 aliphatic rings. The molecule has 130 valence electrons. The Morgan fingerprint density at radius 2 is 1.80 bits per heavy atom. The van der Waals surface area contributed by atoms with E-state index < -0.39 is 0 Å². The van der Waals surface area contributed by atoms with Crippen LogP contribution in [0, 0.1) is 0 Å². The molecule has 7 nitrogen and oxygen atoms in total. The van der Waals surface area contributed by atoms with Crippen LogP contribution in [0.5, 0.6) is 0 Å². The second-order valence-corrected chi connectivity index (χ2v) is 6.60. The van der Waals surface area contributed by atoms with Crippen LogP contribution in [0.25, 0.3) is 23.0 Å². The first kappa shape index (κ1) is 16.2. The lowest BCUT2D eigenvalue weighted by Gasteiger charge is -2.30. The zero-order valence-electron chi connectivity index (χ0n) is 14.0. The summed E-state index contributed by atoms with van der Waals surface area (Å²) < 4.78 is 7.67. The number of aromatic nitrogens is 5. The molecule has 2 aromatic heterocycles. The third kappa shape index (κ3) is 3.43. The molecule has 3 heterocycles. The number of halogens is 1. The summed E-state index contributed by atoms with van der Waals surface area (Å²) in [5.74, 6) is 0.819. The minimum atomic E-state index is 0.377. The molecule has 0 bridgehead atoms. The Hall–Kier alpha value is -2.25. The van der Waals surface area contributed by atoms with E-state index in [1.807, 2.05) is 23.0 Å². The first-order valence-electron chi connectivity index (χ1n) is 8.47. The lowest BCUT2D eigenvalue weighted by Crippen LogP contribution is -2.34. The Labute approximate surface area is 150 Å². The van der Waals surface area contributed by atoms with Gasteiger partial charge in [0.1, 0.15) is 0 Å². The molecular weight excluding hydrogens is 340 g/mol. The third-order valence-electron chi connectivity index (χ3n) is 4.62. The van der Waals surface area contributed by atoms with Crippen LogP contribution in [0.2, 0.25) is 5.02 Å². The summed E-state index contributed by atoms with van der Waals surface area (Å²) in [6.45, 7) is 5.49. The minimum absolute atomic E-state index is 0.377. The van der Waals surface area contributed by atoms with Gasteiger partial charge in [-0.2, -0.15) is 0 Å². The van der Waals surface area contributed by atoms with Gasteiger partial charge in [0.2, 0.25) is 5.89 Å². The van der Waals surface area contributed by atoms with Crippen LogP contribution in [0.3, 0.4) is 0 Å². The highest BCUT2D eigenvalue weighted by Gasteiger charge is 2.22. The van der Waals surface area contributed by atoms with Crippen LogP contribution < -0.4 is 0 Å². The van der Waals surface area contributed by atoms with Crippen molar-refractivity contribution in [3.63, 3.8) is 0 Å². The van der Waals surface area contributed by atoms with Crippen molar-refractivity contribution in [2.45, 2.75) is 25.8 Å². The molecule has 4 rings (SSSR count). The largest absolute Gasteiger partial charge is 0.414 e. The number of hydrogen-bond donors (Lipinski definition) is 0. The van der Waals surface area contributed by atoms with Gasteiger partial charge in [0.05, 0.1) is 12.2 Å². The van der Waals surface area contributed by atoms with Crippen LogP contribution in [0.15, 0.2) is 34.9 Å². The van der Waals surface area contributed by atoms with E-state index in [0.29, 0.717) is 28.5 Å². The molecule has 0 N–H and O–H groups in total. The van der Waals surface area contributed by atoms with Crippen molar-refractivity contribution in [2.75, 3.05) is 19.6 Å². The molecule has 0 saturated carbocycles. The van der Waals surface area contributed by atoms with Crippen LogP contribution in [0.4, 0.5) is 0 Å². The normalized spacial score (nSPS) is 16.4. The molecule has 0 spiro atoms. The maximum absolute atomic E-state index is 5.90. The van der Waals surface area contributed by atoms with Crippen molar-refractivity contribution in [3.05, 3.63) is 35.5 Å². The fourth-order valence-corrected chi connectivity index (χ4v) is 3.22. The van der Waals surface area contributed by atoms with Crippen molar-refractivity contribution in [2.24, 2.45) is 0 Å². The lowest BCUT2D eigenvalue weighted by atomic mass is 10.1. The summed E-state index contributed by atoms with van der Waals surface area (Å²) in [6.07, 6.45) is 4.05. The Bertz CT molecular complexity index is 835. The molecule has 1 saturated heterocycles. The molecule has 8 heteroatoms. The van der Waals surface area contributed by atoms with Crippen LogP contribution in [-0.4, -0.2) is 49.7 Å². The average Bonchev–Trinajstić information content (AvgIpc) is 3.32. The molecule has 1 aromatic carbocycles. The van der Waals surface area contributed by atoms with E-state index in [-0.39, 0.29) is 0 Å². The van der Waals surface area contributed by atoms with E-state index in [4.69, 9.17) is 16.0 Å². The van der Waals surface area contributed by atoms with E-state index in [0.717, 1.165) is 38.0 Å². The van der Waals surface area contributed by atoms with Crippen molar-refractivity contribution >= 4 is 11.6 Å². The molecule has 0 unspecified atom stereocenters. The number of rotatable bonds is 4. The second kappa shape index (κ2) is 6.93. The predicted molar refractivity (Wildman–Crippen MR) is 94.1 cm³/mol. The maximum atomic E-state index is 5.90. The maximum Gasteiger partial charge on any atom is 0.270 e. The van der Waals surface area contributed by atoms with E-state index in [1.165, 1.54) is 0 Å². The Morgan fingerprint density at radius 1 is 1.08 bits per heavy atom. The average molecular weight is 359 g/mol. The summed E-state index contributed by atoms with van der Waals surface area (Å²) in [5.41, 5.74) is 1.42. The van der Waals surface area contributed by atoms with Crippen molar-refractivity contribution in [1.82, 2.24) is 30.1 Å². The van der Waals surface area contributed by atoms with Crippen molar-refractivity contribution < 1.29 is 4.42 Å². The van der Waals surface area contributed by atoms with Gasteiger partial charge in [0, 0.05) is 23.7 Å². The number of likely N-dealkylation sites (tertiary alicyclic amines) is 1. The van der Waals surface area contributed by atoms with E-state index in [2.05, 4.69) is 32.3 Å². The number of benzene rings is 1.